The number of nitrogens with two attached hydrogens (primary N) is 2. The van der Waals surface area contributed by atoms with Gasteiger partial charge in [0.15, 0.2) is 11.7 Å². The van der Waals surface area contributed by atoms with Crippen molar-refractivity contribution in [1.82, 2.24) is 31.5 Å². The van der Waals surface area contributed by atoms with Crippen LogP contribution in [-0.2, 0) is 19.1 Å². The minimum atomic E-state index is -0.380. The molecule has 0 bridgehead atoms. The average Bonchev–Trinajstić information content (AvgIpc) is 3.58. The summed E-state index contributed by atoms with van der Waals surface area (Å²) in [4.78, 5) is 27.4. The van der Waals surface area contributed by atoms with Crippen molar-refractivity contribution in [3.05, 3.63) is 12.0 Å². The number of ether oxygens (including phenoxy) is 2. The quantitative estimate of drug-likeness (QED) is 0.180. The third-order valence-corrected chi connectivity index (χ3v) is 11.6. The molecular formula is C25H42N8O4S2. The van der Waals surface area contributed by atoms with Crippen LogP contribution in [0.1, 0.15) is 25.7 Å². The first kappa shape index (κ1) is 28.0. The number of morpholine rings is 1. The Hall–Kier alpha value is -1.10. The molecule has 218 valence electrons. The van der Waals surface area contributed by atoms with Crippen LogP contribution in [0.2, 0.25) is 0 Å². The van der Waals surface area contributed by atoms with E-state index in [9.17, 15) is 9.59 Å². The second-order valence-corrected chi connectivity index (χ2v) is 13.8. The summed E-state index contributed by atoms with van der Waals surface area (Å²) in [6, 6.07) is 0.377. The highest BCUT2D eigenvalue weighted by Crippen LogP contribution is 2.44. The van der Waals surface area contributed by atoms with Crippen LogP contribution in [0.5, 0.6) is 0 Å². The normalized spacial score (nSPS) is 43.1. The van der Waals surface area contributed by atoms with Crippen molar-refractivity contribution < 1.29 is 19.1 Å². The minimum absolute atomic E-state index is 0.0858. The van der Waals surface area contributed by atoms with Crippen LogP contribution >= 0.6 is 23.5 Å². The molecule has 0 aromatic heterocycles. The Labute approximate surface area is 238 Å². The molecule has 6 rings (SSSR count). The van der Waals surface area contributed by atoms with E-state index in [0.717, 1.165) is 38.2 Å². The van der Waals surface area contributed by atoms with E-state index in [-0.39, 0.29) is 70.2 Å². The molecule has 8 unspecified atom stereocenters. The Morgan fingerprint density at radius 2 is 1.95 bits per heavy atom. The predicted octanol–water partition coefficient (Wildman–Crippen LogP) is -1.80. The maximum Gasteiger partial charge on any atom is 0.224 e. The second kappa shape index (κ2) is 12.4. The van der Waals surface area contributed by atoms with Crippen LogP contribution in [0.25, 0.3) is 0 Å². The number of nitrogens with one attached hydrogen (secondary N) is 5. The van der Waals surface area contributed by atoms with E-state index in [1.807, 2.05) is 11.8 Å². The molecular weight excluding hydrogens is 540 g/mol. The Kier molecular flexibility index (Phi) is 8.92. The lowest BCUT2D eigenvalue weighted by Gasteiger charge is -2.41. The smallest absolute Gasteiger partial charge is 0.224 e. The van der Waals surface area contributed by atoms with Crippen LogP contribution in [-0.4, -0.2) is 108 Å². The van der Waals surface area contributed by atoms with E-state index >= 15 is 0 Å². The standard InChI is InChI=1S/C25H42N8O4S2/c26-15-3-1-2-4-16(15)30-25-29-10-13(22(27)35)23(32-25)31-18-11-28-24(39-18)14-12-38-21-17(34)9-19(37-20(14)21)33-5-7-36-8-6-33/h9,13-16,18,20-21,23-25,28-32H,1-8,10-12,26H2,(H2,27,35)/t13?,14?,15-,16+,18?,20?,21?,23?,24?,25?/m1/s1. The van der Waals surface area contributed by atoms with Crippen LogP contribution in [0.4, 0.5) is 0 Å². The molecule has 0 radical (unpaired) electrons. The van der Waals surface area contributed by atoms with Gasteiger partial charge in [0.25, 0.3) is 0 Å². The van der Waals surface area contributed by atoms with E-state index in [0.29, 0.717) is 25.6 Å². The number of carbonyl (C=O) groups excluding carboxylic acids is 2. The SMILES string of the molecule is NC(=O)C1CNC(N[C@H]2CCCC[C@H]2N)NC1NC1CNC(C2CSC3C(=O)C=C(N4CCOCC4)OC32)S1. The second-order valence-electron chi connectivity index (χ2n) is 11.3. The number of allylic oxidation sites excluding steroid dienone is 1. The molecule has 5 heterocycles. The van der Waals surface area contributed by atoms with Crippen LogP contribution in [0.3, 0.4) is 0 Å². The van der Waals surface area contributed by atoms with Crippen molar-refractivity contribution in [2.24, 2.45) is 23.3 Å². The Bertz CT molecular complexity index is 940. The van der Waals surface area contributed by atoms with Gasteiger partial charge in [-0.1, -0.05) is 12.8 Å². The van der Waals surface area contributed by atoms with Gasteiger partial charge in [-0.15, -0.1) is 23.5 Å². The molecule has 1 saturated carbocycles. The molecule has 5 aliphatic heterocycles. The van der Waals surface area contributed by atoms with Gasteiger partial charge < -0.3 is 31.2 Å². The lowest BCUT2D eigenvalue weighted by atomic mass is 9.91. The fraction of sp³-hybridized carbons (Fsp3) is 0.840. The summed E-state index contributed by atoms with van der Waals surface area (Å²) in [6.45, 7) is 4.01. The molecule has 10 atom stereocenters. The van der Waals surface area contributed by atoms with Gasteiger partial charge in [0.1, 0.15) is 17.6 Å². The van der Waals surface area contributed by atoms with Crippen molar-refractivity contribution in [3.63, 3.8) is 0 Å². The summed E-state index contributed by atoms with van der Waals surface area (Å²) in [5.41, 5.74) is 12.1. The number of nitrogens with zero attached hydrogens (tertiary/aromatic N) is 1. The zero-order valence-electron chi connectivity index (χ0n) is 22.2. The zero-order chi connectivity index (χ0) is 26.9. The molecule has 1 amide bonds. The van der Waals surface area contributed by atoms with E-state index in [2.05, 4.69) is 31.5 Å². The third kappa shape index (κ3) is 6.24. The molecule has 14 heteroatoms. The maximum atomic E-state index is 13.0. The van der Waals surface area contributed by atoms with E-state index in [1.165, 1.54) is 12.8 Å². The summed E-state index contributed by atoms with van der Waals surface area (Å²) in [5, 5.41) is 17.9. The molecule has 0 aromatic rings. The number of hydrogen-bond acceptors (Lipinski definition) is 13. The van der Waals surface area contributed by atoms with Crippen molar-refractivity contribution >= 4 is 35.2 Å². The summed E-state index contributed by atoms with van der Waals surface area (Å²) in [6.07, 6.45) is 5.54. The van der Waals surface area contributed by atoms with Gasteiger partial charge in [-0.25, -0.2) is 0 Å². The van der Waals surface area contributed by atoms with E-state index < -0.39 is 0 Å². The minimum Gasteiger partial charge on any atom is -0.474 e. The first-order chi connectivity index (χ1) is 19.0. The number of rotatable bonds is 7. The highest BCUT2D eigenvalue weighted by Gasteiger charge is 2.50. The Balaban J connectivity index is 1.06. The van der Waals surface area contributed by atoms with Crippen LogP contribution in [0.15, 0.2) is 12.0 Å². The van der Waals surface area contributed by atoms with Gasteiger partial charge in [0, 0.05) is 56.0 Å². The number of carbonyl (C=O) groups is 2. The van der Waals surface area contributed by atoms with Crippen LogP contribution < -0.4 is 38.1 Å². The molecule has 6 aliphatic rings. The third-order valence-electron chi connectivity index (χ3n) is 8.74. The van der Waals surface area contributed by atoms with Gasteiger partial charge in [-0.05, 0) is 12.8 Å². The van der Waals surface area contributed by atoms with E-state index in [4.69, 9.17) is 20.9 Å². The monoisotopic (exact) mass is 582 g/mol. The molecule has 9 N–H and O–H groups in total. The molecule has 5 fully saturated rings. The number of ketones is 1. The Morgan fingerprint density at radius 1 is 1.13 bits per heavy atom. The largest absolute Gasteiger partial charge is 0.474 e. The van der Waals surface area contributed by atoms with Gasteiger partial charge in [-0.3, -0.25) is 30.9 Å². The maximum absolute atomic E-state index is 13.0. The fourth-order valence-electron chi connectivity index (χ4n) is 6.49. The van der Waals surface area contributed by atoms with Crippen LogP contribution in [0, 0.1) is 11.8 Å². The number of fused-ring (bicyclic) bond motifs is 1. The van der Waals surface area contributed by atoms with Gasteiger partial charge in [0.05, 0.1) is 36.0 Å². The number of amides is 1. The highest BCUT2D eigenvalue weighted by molar-refractivity contribution is 8.01. The molecule has 0 aromatic carbocycles. The summed E-state index contributed by atoms with van der Waals surface area (Å²) < 4.78 is 12.0. The fourth-order valence-corrected chi connectivity index (χ4v) is 9.52. The molecule has 4 saturated heterocycles. The first-order valence-corrected chi connectivity index (χ1v) is 16.3. The van der Waals surface area contributed by atoms with Gasteiger partial charge >= 0.3 is 0 Å². The molecule has 39 heavy (non-hydrogen) atoms. The number of primary amides is 1. The number of hydrogen-bond donors (Lipinski definition) is 7. The summed E-state index contributed by atoms with van der Waals surface area (Å²) in [5.74, 6) is 1.19. The van der Waals surface area contributed by atoms with E-state index in [1.54, 1.807) is 17.8 Å². The zero-order valence-corrected chi connectivity index (χ0v) is 23.8. The molecule has 12 nitrogen and oxygen atoms in total. The van der Waals surface area contributed by atoms with Gasteiger partial charge in [0.2, 0.25) is 5.91 Å². The summed E-state index contributed by atoms with van der Waals surface area (Å²) >= 11 is 3.51. The summed E-state index contributed by atoms with van der Waals surface area (Å²) in [7, 11) is 0. The lowest BCUT2D eigenvalue weighted by molar-refractivity contribution is -0.124. The molecule has 0 spiro atoms. The number of thioether (sulfide) groups is 2. The predicted molar refractivity (Wildman–Crippen MR) is 151 cm³/mol. The van der Waals surface area contributed by atoms with Crippen molar-refractivity contribution in [2.45, 2.75) is 72.3 Å². The highest BCUT2D eigenvalue weighted by atomic mass is 32.2. The first-order valence-electron chi connectivity index (χ1n) is 14.3. The molecule has 1 aliphatic carbocycles. The Morgan fingerprint density at radius 3 is 2.74 bits per heavy atom. The van der Waals surface area contributed by atoms with Crippen molar-refractivity contribution in [1.29, 1.82) is 0 Å². The van der Waals surface area contributed by atoms with Crippen molar-refractivity contribution in [3.8, 4) is 0 Å². The average molecular weight is 583 g/mol. The lowest BCUT2D eigenvalue weighted by Crippen LogP contribution is -2.72. The van der Waals surface area contributed by atoms with Crippen molar-refractivity contribution in [2.75, 3.05) is 45.1 Å². The topological polar surface area (TPSA) is 168 Å². The van der Waals surface area contributed by atoms with Gasteiger partial charge in [-0.2, -0.15) is 0 Å².